The lowest BCUT2D eigenvalue weighted by atomic mass is 10.2. The van der Waals surface area contributed by atoms with Gasteiger partial charge in [0.1, 0.15) is 0 Å². The lowest BCUT2D eigenvalue weighted by molar-refractivity contribution is 0.681. The van der Waals surface area contributed by atoms with Gasteiger partial charge in [-0.1, -0.05) is 39.2 Å². The van der Waals surface area contributed by atoms with Gasteiger partial charge in [-0.2, -0.15) is 0 Å². The fraction of sp³-hybridized carbons (Fsp3) is 0.727. The molecule has 0 aromatic heterocycles. The summed E-state index contributed by atoms with van der Waals surface area (Å²) in [5.41, 5.74) is 0. The second kappa shape index (κ2) is 10.5. The van der Waals surface area contributed by atoms with Crippen molar-refractivity contribution in [3.8, 4) is 0 Å². The van der Waals surface area contributed by atoms with E-state index in [0.717, 1.165) is 19.4 Å². The molecule has 0 saturated heterocycles. The maximum Gasteiger partial charge on any atom is 0.0141 e. The zero-order chi connectivity index (χ0) is 9.07. The van der Waals surface area contributed by atoms with E-state index in [0.29, 0.717) is 0 Å². The third kappa shape index (κ3) is 9.54. The summed E-state index contributed by atoms with van der Waals surface area (Å²) >= 11 is 0. The van der Waals surface area contributed by atoms with Crippen molar-refractivity contribution < 1.29 is 0 Å². The minimum absolute atomic E-state index is 1.04. The van der Waals surface area contributed by atoms with Crippen LogP contribution in [0.1, 0.15) is 45.4 Å². The standard InChI is InChI=1S/C11H22N/c1-3-5-7-9-11-12-10-8-6-4-2/h9,11-12H,1,3-8,10H2,2H3. The second-order valence-corrected chi connectivity index (χ2v) is 3.06. The molecule has 0 amide bonds. The van der Waals surface area contributed by atoms with Gasteiger partial charge in [-0.05, 0) is 25.5 Å². The van der Waals surface area contributed by atoms with Crippen LogP contribution in [0, 0.1) is 6.92 Å². The summed E-state index contributed by atoms with van der Waals surface area (Å²) in [5.74, 6) is 0. The average Bonchev–Trinajstić information content (AvgIpc) is 2.10. The predicted octanol–water partition coefficient (Wildman–Crippen LogP) is 3.28. The van der Waals surface area contributed by atoms with Crippen LogP contribution in [-0.2, 0) is 0 Å². The van der Waals surface area contributed by atoms with Gasteiger partial charge in [-0.25, -0.2) is 0 Å². The van der Waals surface area contributed by atoms with Crippen molar-refractivity contribution in [3.63, 3.8) is 0 Å². The molecule has 0 rings (SSSR count). The van der Waals surface area contributed by atoms with E-state index in [1.807, 2.05) is 0 Å². The number of unbranched alkanes of at least 4 members (excludes halogenated alkanes) is 4. The van der Waals surface area contributed by atoms with Gasteiger partial charge in [0.05, 0.1) is 0 Å². The highest BCUT2D eigenvalue weighted by atomic mass is 14.8. The zero-order valence-corrected chi connectivity index (χ0v) is 8.31. The molecule has 0 aliphatic heterocycles. The topological polar surface area (TPSA) is 12.0 Å². The van der Waals surface area contributed by atoms with Crippen molar-refractivity contribution in [2.45, 2.75) is 45.4 Å². The van der Waals surface area contributed by atoms with Crippen LogP contribution in [-0.4, -0.2) is 6.54 Å². The van der Waals surface area contributed by atoms with Crippen LogP contribution in [0.3, 0.4) is 0 Å². The molecule has 0 heterocycles. The summed E-state index contributed by atoms with van der Waals surface area (Å²) in [7, 11) is 0. The minimum Gasteiger partial charge on any atom is -0.391 e. The molecule has 0 bridgehead atoms. The Morgan fingerprint density at radius 3 is 2.75 bits per heavy atom. The van der Waals surface area contributed by atoms with E-state index in [2.05, 4.69) is 31.4 Å². The third-order valence-electron chi connectivity index (χ3n) is 1.78. The lowest BCUT2D eigenvalue weighted by Gasteiger charge is -1.98. The number of rotatable bonds is 8. The zero-order valence-electron chi connectivity index (χ0n) is 8.31. The molecule has 12 heavy (non-hydrogen) atoms. The maximum absolute atomic E-state index is 3.79. The maximum atomic E-state index is 3.79. The van der Waals surface area contributed by atoms with E-state index in [1.54, 1.807) is 0 Å². The van der Waals surface area contributed by atoms with Crippen LogP contribution < -0.4 is 5.32 Å². The Morgan fingerprint density at radius 2 is 2.08 bits per heavy atom. The van der Waals surface area contributed by atoms with Gasteiger partial charge < -0.3 is 5.32 Å². The van der Waals surface area contributed by atoms with E-state index in [-0.39, 0.29) is 0 Å². The molecule has 1 nitrogen and oxygen atoms in total. The molecule has 0 aromatic rings. The molecule has 1 N–H and O–H groups in total. The number of nitrogens with one attached hydrogen (secondary N) is 1. The van der Waals surface area contributed by atoms with Crippen LogP contribution in [0.2, 0.25) is 0 Å². The highest BCUT2D eigenvalue weighted by Gasteiger charge is 1.82. The quantitative estimate of drug-likeness (QED) is 0.548. The van der Waals surface area contributed by atoms with Crippen molar-refractivity contribution in [2.75, 3.05) is 6.54 Å². The Balaban J connectivity index is 2.92. The van der Waals surface area contributed by atoms with E-state index < -0.39 is 0 Å². The molecular weight excluding hydrogens is 146 g/mol. The largest absolute Gasteiger partial charge is 0.391 e. The molecule has 0 fully saturated rings. The third-order valence-corrected chi connectivity index (χ3v) is 1.78. The lowest BCUT2D eigenvalue weighted by Crippen LogP contribution is -2.06. The Kier molecular flexibility index (Phi) is 10.1. The highest BCUT2D eigenvalue weighted by molar-refractivity contribution is 4.79. The molecule has 0 spiro atoms. The first-order chi connectivity index (χ1) is 5.91. The van der Waals surface area contributed by atoms with Gasteiger partial charge in [0.25, 0.3) is 0 Å². The number of hydrogen-bond donors (Lipinski definition) is 1. The van der Waals surface area contributed by atoms with Gasteiger partial charge >= 0.3 is 0 Å². The van der Waals surface area contributed by atoms with E-state index in [4.69, 9.17) is 0 Å². The Hall–Kier alpha value is -0.460. The predicted molar refractivity (Wildman–Crippen MR) is 55.9 cm³/mol. The monoisotopic (exact) mass is 168 g/mol. The summed E-state index contributed by atoms with van der Waals surface area (Å²) in [6, 6.07) is 0. The molecule has 1 heteroatoms. The number of hydrogen-bond acceptors (Lipinski definition) is 1. The first-order valence-corrected chi connectivity index (χ1v) is 5.09. The smallest absolute Gasteiger partial charge is 0.0141 e. The van der Waals surface area contributed by atoms with Crippen molar-refractivity contribution >= 4 is 0 Å². The Bertz CT molecular complexity index is 97.2. The summed E-state index contributed by atoms with van der Waals surface area (Å²) in [5, 5.41) is 3.28. The van der Waals surface area contributed by atoms with Crippen molar-refractivity contribution in [1.82, 2.24) is 5.32 Å². The normalized spacial score (nSPS) is 10.8. The van der Waals surface area contributed by atoms with Crippen molar-refractivity contribution in [3.05, 3.63) is 19.2 Å². The number of allylic oxidation sites excluding steroid dienone is 1. The van der Waals surface area contributed by atoms with Gasteiger partial charge in [0.15, 0.2) is 0 Å². The Labute approximate surface area is 77.2 Å². The first kappa shape index (κ1) is 11.5. The summed E-state index contributed by atoms with van der Waals surface area (Å²) in [6.07, 6.45) is 11.6. The van der Waals surface area contributed by atoms with Crippen LogP contribution in [0.4, 0.5) is 0 Å². The molecule has 0 aliphatic carbocycles. The van der Waals surface area contributed by atoms with E-state index in [9.17, 15) is 0 Å². The van der Waals surface area contributed by atoms with Crippen molar-refractivity contribution in [2.24, 2.45) is 0 Å². The van der Waals surface area contributed by atoms with Gasteiger partial charge in [-0.15, -0.1) is 0 Å². The van der Waals surface area contributed by atoms with Gasteiger partial charge in [0, 0.05) is 6.54 Å². The second-order valence-electron chi connectivity index (χ2n) is 3.06. The van der Waals surface area contributed by atoms with Gasteiger partial charge in [-0.3, -0.25) is 0 Å². The Morgan fingerprint density at radius 1 is 1.25 bits per heavy atom. The fourth-order valence-corrected chi connectivity index (χ4v) is 0.989. The first-order valence-electron chi connectivity index (χ1n) is 5.09. The molecule has 1 radical (unpaired) electrons. The van der Waals surface area contributed by atoms with E-state index in [1.165, 1.54) is 25.7 Å². The molecule has 0 aromatic carbocycles. The molecule has 71 valence electrons. The minimum atomic E-state index is 1.04. The van der Waals surface area contributed by atoms with Gasteiger partial charge in [0.2, 0.25) is 0 Å². The SMILES string of the molecule is [CH2]CCCC=CNCCCCC. The summed E-state index contributed by atoms with van der Waals surface area (Å²) in [6.45, 7) is 7.14. The molecule has 0 unspecified atom stereocenters. The molecular formula is C11H22N. The average molecular weight is 168 g/mol. The summed E-state index contributed by atoms with van der Waals surface area (Å²) < 4.78 is 0. The van der Waals surface area contributed by atoms with Crippen molar-refractivity contribution in [1.29, 1.82) is 0 Å². The summed E-state index contributed by atoms with van der Waals surface area (Å²) in [4.78, 5) is 0. The van der Waals surface area contributed by atoms with Crippen LogP contribution >= 0.6 is 0 Å². The van der Waals surface area contributed by atoms with Crippen LogP contribution in [0.25, 0.3) is 0 Å². The molecule has 0 saturated carbocycles. The highest BCUT2D eigenvalue weighted by Crippen LogP contribution is 1.94. The molecule has 0 atom stereocenters. The molecule has 0 aliphatic rings. The van der Waals surface area contributed by atoms with Crippen LogP contribution in [0.15, 0.2) is 12.3 Å². The van der Waals surface area contributed by atoms with Crippen LogP contribution in [0.5, 0.6) is 0 Å². The fourth-order valence-electron chi connectivity index (χ4n) is 0.989. The van der Waals surface area contributed by atoms with E-state index >= 15 is 0 Å².